The highest BCUT2D eigenvalue weighted by Gasteiger charge is 2.46. The maximum atomic E-state index is 12.7. The largest absolute Gasteiger partial charge is 0.490 e. The van der Waals surface area contributed by atoms with Gasteiger partial charge in [-0.05, 0) is 0 Å². The lowest BCUT2D eigenvalue weighted by Gasteiger charge is -2.17. The van der Waals surface area contributed by atoms with Crippen LogP contribution in [0.3, 0.4) is 0 Å². The fourth-order valence-electron chi connectivity index (χ4n) is 1.31. The summed E-state index contributed by atoms with van der Waals surface area (Å²) in [5, 5.41) is 15.6. The van der Waals surface area contributed by atoms with Gasteiger partial charge in [0.05, 0.1) is 19.2 Å². The van der Waals surface area contributed by atoms with Crippen LogP contribution in [-0.2, 0) is 9.59 Å². The Morgan fingerprint density at radius 2 is 1.90 bits per heavy atom. The van der Waals surface area contributed by atoms with Crippen molar-refractivity contribution in [3.05, 3.63) is 0 Å². The van der Waals surface area contributed by atoms with Gasteiger partial charge in [0.2, 0.25) is 5.91 Å². The highest BCUT2D eigenvalue weighted by atomic mass is 19.4. The molecule has 0 aliphatic carbocycles. The average Bonchev–Trinajstić information content (AvgIpc) is 2.63. The van der Waals surface area contributed by atoms with E-state index in [0.29, 0.717) is 0 Å². The fourth-order valence-corrected chi connectivity index (χ4v) is 1.31. The second-order valence-corrected chi connectivity index (χ2v) is 3.73. The highest BCUT2D eigenvalue weighted by Crippen LogP contribution is 2.31. The maximum Gasteiger partial charge on any atom is 0.490 e. The van der Waals surface area contributed by atoms with Crippen molar-refractivity contribution in [2.75, 3.05) is 13.1 Å². The van der Waals surface area contributed by atoms with Crippen molar-refractivity contribution in [2.45, 2.75) is 24.6 Å². The minimum Gasteiger partial charge on any atom is -0.475 e. The van der Waals surface area contributed by atoms with Crippen molar-refractivity contribution >= 4 is 11.9 Å². The van der Waals surface area contributed by atoms with Gasteiger partial charge in [0.15, 0.2) is 0 Å². The van der Waals surface area contributed by atoms with Gasteiger partial charge in [-0.3, -0.25) is 4.79 Å². The molecular weight excluding hydrogens is 293 g/mol. The number of hydrogen-bond donors (Lipinski definition) is 2. The van der Waals surface area contributed by atoms with Crippen molar-refractivity contribution in [1.82, 2.24) is 4.90 Å². The summed E-state index contributed by atoms with van der Waals surface area (Å²) in [4.78, 5) is 20.7. The molecule has 20 heavy (non-hydrogen) atoms. The van der Waals surface area contributed by atoms with E-state index in [1.165, 1.54) is 0 Å². The van der Waals surface area contributed by atoms with Gasteiger partial charge in [0.1, 0.15) is 6.04 Å². The Morgan fingerprint density at radius 1 is 1.45 bits per heavy atom. The summed E-state index contributed by atoms with van der Waals surface area (Å²) < 4.78 is 57.2. The number of hydrogen-bond acceptors (Lipinski definition) is 4. The molecule has 1 heterocycles. The molecule has 1 fully saturated rings. The summed E-state index contributed by atoms with van der Waals surface area (Å²) in [5.41, 5.74) is 5.01. The van der Waals surface area contributed by atoms with Gasteiger partial charge in [-0.1, -0.05) is 0 Å². The molecular formula is C9H10F5N3O3. The molecule has 0 aromatic heterocycles. The van der Waals surface area contributed by atoms with Crippen molar-refractivity contribution in [3.8, 4) is 6.07 Å². The van der Waals surface area contributed by atoms with Crippen LogP contribution in [-0.4, -0.2) is 53.1 Å². The Balaban J connectivity index is 0.000000441. The van der Waals surface area contributed by atoms with Gasteiger partial charge in [-0.2, -0.15) is 18.4 Å². The number of halogens is 5. The number of amides is 1. The van der Waals surface area contributed by atoms with Crippen LogP contribution in [0.5, 0.6) is 0 Å². The fraction of sp³-hybridized carbons (Fsp3) is 0.667. The first-order chi connectivity index (χ1) is 8.94. The molecule has 6 nitrogen and oxygen atoms in total. The molecule has 11 heteroatoms. The number of likely N-dealkylation sites (tertiary alicyclic amines) is 1. The molecule has 0 saturated carbocycles. The zero-order chi connectivity index (χ0) is 16.1. The molecule has 0 unspecified atom stereocenters. The smallest absolute Gasteiger partial charge is 0.475 e. The van der Waals surface area contributed by atoms with Crippen LogP contribution in [0.2, 0.25) is 0 Å². The summed E-state index contributed by atoms with van der Waals surface area (Å²) >= 11 is 0. The first-order valence-electron chi connectivity index (χ1n) is 5.01. The first-order valence-corrected chi connectivity index (χ1v) is 5.01. The van der Waals surface area contributed by atoms with E-state index < -0.39 is 43.0 Å². The maximum absolute atomic E-state index is 12.7. The normalized spacial score (nSPS) is 20.6. The van der Waals surface area contributed by atoms with E-state index in [9.17, 15) is 26.7 Å². The van der Waals surface area contributed by atoms with Crippen molar-refractivity contribution in [2.24, 2.45) is 5.73 Å². The molecule has 0 aromatic rings. The van der Waals surface area contributed by atoms with Crippen LogP contribution in [0.15, 0.2) is 0 Å². The van der Waals surface area contributed by atoms with Crippen LogP contribution in [0.25, 0.3) is 0 Å². The number of carbonyl (C=O) groups is 2. The summed E-state index contributed by atoms with van der Waals surface area (Å²) in [6.07, 6.45) is -5.67. The molecule has 1 aliphatic heterocycles. The molecule has 3 N–H and O–H groups in total. The van der Waals surface area contributed by atoms with Crippen molar-refractivity contribution in [1.29, 1.82) is 5.26 Å². The van der Waals surface area contributed by atoms with E-state index in [4.69, 9.17) is 20.9 Å². The number of carbonyl (C=O) groups excluding carboxylic acids is 1. The molecule has 1 rings (SSSR count). The van der Waals surface area contributed by atoms with Gasteiger partial charge in [-0.15, -0.1) is 0 Å². The standard InChI is InChI=1S/C7H9F2N3O.C2HF3O2/c8-7(9)1-5(2-10)12(4-7)6(13)3-11;3-2(4,5)1(6)7/h5H,1,3-4,11H2;(H,6,7)/t5-;/m0./s1. The summed E-state index contributed by atoms with van der Waals surface area (Å²) in [5.74, 6) is -6.32. The number of nitrogens with zero attached hydrogens (tertiary/aromatic N) is 2. The Kier molecular flexibility index (Phi) is 5.83. The van der Waals surface area contributed by atoms with Crippen molar-refractivity contribution in [3.63, 3.8) is 0 Å². The van der Waals surface area contributed by atoms with E-state index in [0.717, 1.165) is 4.90 Å². The zero-order valence-corrected chi connectivity index (χ0v) is 9.82. The third-order valence-electron chi connectivity index (χ3n) is 2.16. The van der Waals surface area contributed by atoms with Gasteiger partial charge in [0, 0.05) is 6.42 Å². The van der Waals surface area contributed by atoms with E-state index in [-0.39, 0.29) is 6.54 Å². The second-order valence-electron chi connectivity index (χ2n) is 3.73. The third kappa shape index (κ3) is 5.35. The number of alkyl halides is 5. The Hall–Kier alpha value is -1.96. The minimum atomic E-state index is -5.08. The lowest BCUT2D eigenvalue weighted by Crippen LogP contribution is -2.39. The minimum absolute atomic E-state index is 0.339. The predicted molar refractivity (Wildman–Crippen MR) is 53.4 cm³/mol. The molecule has 0 radical (unpaired) electrons. The summed E-state index contributed by atoms with van der Waals surface area (Å²) in [6, 6.07) is 0.618. The topological polar surface area (TPSA) is 107 Å². The zero-order valence-electron chi connectivity index (χ0n) is 9.82. The van der Waals surface area contributed by atoms with Gasteiger partial charge in [0.25, 0.3) is 5.92 Å². The van der Waals surface area contributed by atoms with Gasteiger partial charge < -0.3 is 15.7 Å². The van der Waals surface area contributed by atoms with E-state index in [1.807, 2.05) is 0 Å². The van der Waals surface area contributed by atoms with Crippen molar-refractivity contribution < 1.29 is 36.6 Å². The van der Waals surface area contributed by atoms with Gasteiger partial charge in [-0.25, -0.2) is 13.6 Å². The molecule has 0 spiro atoms. The van der Waals surface area contributed by atoms with E-state index in [2.05, 4.69) is 0 Å². The second kappa shape index (κ2) is 6.47. The molecule has 0 bridgehead atoms. The lowest BCUT2D eigenvalue weighted by molar-refractivity contribution is -0.192. The SMILES string of the molecule is N#C[C@@H]1CC(F)(F)CN1C(=O)CN.O=C(O)C(F)(F)F. The lowest BCUT2D eigenvalue weighted by atomic mass is 10.2. The first kappa shape index (κ1) is 18.0. The molecule has 1 aliphatic rings. The van der Waals surface area contributed by atoms with Crippen LogP contribution >= 0.6 is 0 Å². The Labute approximate surface area is 109 Å². The number of aliphatic carboxylic acids is 1. The Morgan fingerprint density at radius 3 is 2.20 bits per heavy atom. The van der Waals surface area contributed by atoms with Crippen LogP contribution in [0.4, 0.5) is 22.0 Å². The van der Waals surface area contributed by atoms with Crippen LogP contribution in [0, 0.1) is 11.3 Å². The highest BCUT2D eigenvalue weighted by molar-refractivity contribution is 5.79. The number of carboxylic acid groups (broad SMARTS) is 1. The van der Waals surface area contributed by atoms with Crippen LogP contribution < -0.4 is 5.73 Å². The Bertz CT molecular complexity index is 418. The van der Waals surface area contributed by atoms with Crippen LogP contribution in [0.1, 0.15) is 6.42 Å². The molecule has 0 aromatic carbocycles. The average molecular weight is 303 g/mol. The third-order valence-corrected chi connectivity index (χ3v) is 2.16. The number of carboxylic acids is 1. The van der Waals surface area contributed by atoms with Gasteiger partial charge >= 0.3 is 12.1 Å². The molecule has 1 saturated heterocycles. The summed E-state index contributed by atoms with van der Waals surface area (Å²) in [6.45, 7) is -1.03. The number of nitriles is 1. The quantitative estimate of drug-likeness (QED) is 0.679. The molecule has 1 amide bonds. The molecule has 114 valence electrons. The monoisotopic (exact) mass is 303 g/mol. The van der Waals surface area contributed by atoms with E-state index >= 15 is 0 Å². The van der Waals surface area contributed by atoms with E-state index in [1.54, 1.807) is 6.07 Å². The molecule has 1 atom stereocenters. The number of rotatable bonds is 1. The number of nitrogens with two attached hydrogens (primary N) is 1. The summed E-state index contributed by atoms with van der Waals surface area (Å²) in [7, 11) is 0. The predicted octanol–water partition coefficient (Wildman–Crippen LogP) is 0.338.